The molecule has 0 aromatic carbocycles. The quantitative estimate of drug-likeness (QED) is 0.830. The standard InChI is InChI=1S/C10H16N2OS/c1-2-10(11,8-3-5-13-7-8)9-12-4-6-14-9/h4,6,8H,2-3,5,7,11H2,1H3. The maximum absolute atomic E-state index is 6.44. The summed E-state index contributed by atoms with van der Waals surface area (Å²) in [5.41, 5.74) is 6.16. The monoisotopic (exact) mass is 212 g/mol. The third-order valence-corrected chi connectivity index (χ3v) is 4.04. The molecule has 1 saturated heterocycles. The van der Waals surface area contributed by atoms with Crippen molar-refractivity contribution in [3.63, 3.8) is 0 Å². The molecule has 4 heteroatoms. The Morgan fingerprint density at radius 3 is 3.14 bits per heavy atom. The number of rotatable bonds is 3. The minimum absolute atomic E-state index is 0.273. The van der Waals surface area contributed by atoms with E-state index in [0.29, 0.717) is 5.92 Å². The third-order valence-electron chi connectivity index (χ3n) is 3.07. The largest absolute Gasteiger partial charge is 0.381 e. The summed E-state index contributed by atoms with van der Waals surface area (Å²) in [4.78, 5) is 4.34. The van der Waals surface area contributed by atoms with Crippen LogP contribution in [-0.2, 0) is 10.3 Å². The molecule has 2 heterocycles. The van der Waals surface area contributed by atoms with Crippen molar-refractivity contribution < 1.29 is 4.74 Å². The van der Waals surface area contributed by atoms with Gasteiger partial charge in [-0.1, -0.05) is 6.92 Å². The first-order valence-electron chi connectivity index (χ1n) is 5.04. The maximum Gasteiger partial charge on any atom is 0.113 e. The second kappa shape index (κ2) is 3.96. The molecule has 2 atom stereocenters. The van der Waals surface area contributed by atoms with E-state index in [0.717, 1.165) is 31.1 Å². The molecule has 2 rings (SSSR count). The van der Waals surface area contributed by atoms with Crippen LogP contribution >= 0.6 is 11.3 Å². The number of hydrogen-bond donors (Lipinski definition) is 1. The highest BCUT2D eigenvalue weighted by Gasteiger charge is 2.39. The molecule has 0 bridgehead atoms. The molecule has 0 amide bonds. The van der Waals surface area contributed by atoms with E-state index in [1.165, 1.54) is 0 Å². The molecule has 2 unspecified atom stereocenters. The summed E-state index contributed by atoms with van der Waals surface area (Å²) >= 11 is 1.65. The Morgan fingerprint density at radius 1 is 1.79 bits per heavy atom. The predicted octanol–water partition coefficient (Wildman–Crippen LogP) is 1.74. The third kappa shape index (κ3) is 1.58. The van der Waals surface area contributed by atoms with E-state index in [4.69, 9.17) is 10.5 Å². The van der Waals surface area contributed by atoms with Crippen LogP contribution < -0.4 is 5.73 Å². The zero-order valence-corrected chi connectivity index (χ0v) is 9.22. The van der Waals surface area contributed by atoms with Crippen molar-refractivity contribution in [2.45, 2.75) is 25.3 Å². The summed E-state index contributed by atoms with van der Waals surface area (Å²) < 4.78 is 5.40. The molecule has 1 aliphatic heterocycles. The topological polar surface area (TPSA) is 48.1 Å². The van der Waals surface area contributed by atoms with E-state index < -0.39 is 0 Å². The van der Waals surface area contributed by atoms with Crippen LogP contribution in [0.5, 0.6) is 0 Å². The van der Waals surface area contributed by atoms with Gasteiger partial charge in [-0.2, -0.15) is 0 Å². The molecule has 78 valence electrons. The summed E-state index contributed by atoms with van der Waals surface area (Å²) in [5.74, 6) is 0.429. The van der Waals surface area contributed by atoms with Crippen LogP contribution in [0.15, 0.2) is 11.6 Å². The Balaban J connectivity index is 2.24. The van der Waals surface area contributed by atoms with E-state index in [-0.39, 0.29) is 5.54 Å². The minimum atomic E-state index is -0.273. The molecule has 0 spiro atoms. The highest BCUT2D eigenvalue weighted by Crippen LogP contribution is 2.36. The second-order valence-corrected chi connectivity index (χ2v) is 4.69. The summed E-state index contributed by atoms with van der Waals surface area (Å²) in [6.07, 6.45) is 3.81. The SMILES string of the molecule is CCC(N)(c1nccs1)C1CCOC1. The highest BCUT2D eigenvalue weighted by atomic mass is 32.1. The van der Waals surface area contributed by atoms with Gasteiger partial charge in [0.15, 0.2) is 0 Å². The molecule has 2 N–H and O–H groups in total. The van der Waals surface area contributed by atoms with Crippen LogP contribution in [0, 0.1) is 5.92 Å². The van der Waals surface area contributed by atoms with Gasteiger partial charge in [-0.25, -0.2) is 4.98 Å². The Hall–Kier alpha value is -0.450. The van der Waals surface area contributed by atoms with E-state index >= 15 is 0 Å². The molecule has 14 heavy (non-hydrogen) atoms. The van der Waals surface area contributed by atoms with Gasteiger partial charge in [0, 0.05) is 24.1 Å². The zero-order valence-electron chi connectivity index (χ0n) is 8.40. The molecule has 1 aliphatic rings. The van der Waals surface area contributed by atoms with Gasteiger partial charge >= 0.3 is 0 Å². The first kappa shape index (κ1) is 10.1. The fourth-order valence-electron chi connectivity index (χ4n) is 2.01. The van der Waals surface area contributed by atoms with Gasteiger partial charge in [-0.05, 0) is 12.8 Å². The smallest absolute Gasteiger partial charge is 0.113 e. The van der Waals surface area contributed by atoms with Crippen molar-refractivity contribution in [3.8, 4) is 0 Å². The summed E-state index contributed by atoms with van der Waals surface area (Å²) in [6.45, 7) is 3.75. The average molecular weight is 212 g/mol. The van der Waals surface area contributed by atoms with Gasteiger partial charge in [-0.15, -0.1) is 11.3 Å². The van der Waals surface area contributed by atoms with Gasteiger partial charge in [0.2, 0.25) is 0 Å². The van der Waals surface area contributed by atoms with Gasteiger partial charge < -0.3 is 10.5 Å². The highest BCUT2D eigenvalue weighted by molar-refractivity contribution is 7.09. The summed E-state index contributed by atoms with van der Waals surface area (Å²) in [7, 11) is 0. The van der Waals surface area contributed by atoms with Crippen molar-refractivity contribution >= 4 is 11.3 Å². The molecular weight excluding hydrogens is 196 g/mol. The number of nitrogens with zero attached hydrogens (tertiary/aromatic N) is 1. The Labute approximate surface area is 88.3 Å². The van der Waals surface area contributed by atoms with Crippen molar-refractivity contribution in [2.75, 3.05) is 13.2 Å². The molecule has 1 aromatic heterocycles. The number of ether oxygens (including phenoxy) is 1. The lowest BCUT2D eigenvalue weighted by Crippen LogP contribution is -2.44. The number of nitrogens with two attached hydrogens (primary N) is 1. The Kier molecular flexibility index (Phi) is 2.85. The Morgan fingerprint density at radius 2 is 2.64 bits per heavy atom. The molecule has 3 nitrogen and oxygen atoms in total. The fourth-order valence-corrected chi connectivity index (χ4v) is 2.91. The molecule has 1 aromatic rings. The van der Waals surface area contributed by atoms with E-state index in [1.54, 1.807) is 11.3 Å². The van der Waals surface area contributed by atoms with Crippen LogP contribution in [-0.4, -0.2) is 18.2 Å². The average Bonchev–Trinajstić information content (AvgIpc) is 2.88. The number of aromatic nitrogens is 1. The second-order valence-electron chi connectivity index (χ2n) is 3.79. The first-order valence-corrected chi connectivity index (χ1v) is 5.92. The van der Waals surface area contributed by atoms with Gasteiger partial charge in [0.05, 0.1) is 12.1 Å². The maximum atomic E-state index is 6.44. The molecule has 1 fully saturated rings. The lowest BCUT2D eigenvalue weighted by atomic mass is 9.82. The lowest BCUT2D eigenvalue weighted by Gasteiger charge is -2.31. The van der Waals surface area contributed by atoms with E-state index in [9.17, 15) is 0 Å². The van der Waals surface area contributed by atoms with Crippen molar-refractivity contribution in [1.29, 1.82) is 0 Å². The molecular formula is C10H16N2OS. The Bertz CT molecular complexity index is 282. The molecule has 0 aliphatic carbocycles. The fraction of sp³-hybridized carbons (Fsp3) is 0.700. The van der Waals surface area contributed by atoms with Gasteiger partial charge in [-0.3, -0.25) is 0 Å². The molecule has 0 saturated carbocycles. The van der Waals surface area contributed by atoms with E-state index in [2.05, 4.69) is 11.9 Å². The van der Waals surface area contributed by atoms with Crippen LogP contribution in [0.1, 0.15) is 24.8 Å². The lowest BCUT2D eigenvalue weighted by molar-refractivity contribution is 0.159. The van der Waals surface area contributed by atoms with Crippen LogP contribution in [0.2, 0.25) is 0 Å². The van der Waals surface area contributed by atoms with Crippen molar-refractivity contribution in [2.24, 2.45) is 11.7 Å². The van der Waals surface area contributed by atoms with Crippen LogP contribution in [0.4, 0.5) is 0 Å². The zero-order chi connectivity index (χ0) is 10.0. The summed E-state index contributed by atoms with van der Waals surface area (Å²) in [5, 5.41) is 3.04. The van der Waals surface area contributed by atoms with Crippen LogP contribution in [0.3, 0.4) is 0 Å². The van der Waals surface area contributed by atoms with Crippen molar-refractivity contribution in [1.82, 2.24) is 4.98 Å². The normalized spacial score (nSPS) is 26.3. The first-order chi connectivity index (χ1) is 6.77. The minimum Gasteiger partial charge on any atom is -0.381 e. The van der Waals surface area contributed by atoms with Gasteiger partial charge in [0.1, 0.15) is 5.01 Å². The van der Waals surface area contributed by atoms with Crippen molar-refractivity contribution in [3.05, 3.63) is 16.6 Å². The number of hydrogen-bond acceptors (Lipinski definition) is 4. The van der Waals surface area contributed by atoms with Crippen LogP contribution in [0.25, 0.3) is 0 Å². The summed E-state index contributed by atoms with van der Waals surface area (Å²) in [6, 6.07) is 0. The predicted molar refractivity (Wildman–Crippen MR) is 57.2 cm³/mol. The number of thiazole rings is 1. The van der Waals surface area contributed by atoms with E-state index in [1.807, 2.05) is 11.6 Å². The van der Waals surface area contributed by atoms with Gasteiger partial charge in [0.25, 0.3) is 0 Å². The molecule has 0 radical (unpaired) electrons.